The fourth-order valence-corrected chi connectivity index (χ4v) is 2.92. The van der Waals surface area contributed by atoms with Crippen LogP contribution in [0.25, 0.3) is 0 Å². The Labute approximate surface area is 108 Å². The molecule has 0 radical (unpaired) electrons. The normalized spacial score (nSPS) is 11.2. The van der Waals surface area contributed by atoms with E-state index in [-0.39, 0.29) is 0 Å². The molecule has 0 aliphatic heterocycles. The Balaban J connectivity index is 3.50. The van der Waals surface area contributed by atoms with Gasteiger partial charge in [0.25, 0.3) is 0 Å². The van der Waals surface area contributed by atoms with Gasteiger partial charge in [-0.25, -0.2) is 0 Å². The van der Waals surface area contributed by atoms with E-state index in [1.54, 1.807) is 0 Å². The first-order valence-corrected chi connectivity index (χ1v) is 6.36. The summed E-state index contributed by atoms with van der Waals surface area (Å²) in [6, 6.07) is 0. The summed E-state index contributed by atoms with van der Waals surface area (Å²) in [5.41, 5.74) is 13.0. The Hall–Kier alpha value is -0.240. The molecule has 0 aromatic heterocycles. The molecule has 0 heterocycles. The average Bonchev–Trinajstić information content (AvgIpc) is 2.21. The molecule has 90 valence electrons. The van der Waals surface area contributed by atoms with E-state index in [1.807, 2.05) is 0 Å². The zero-order chi connectivity index (χ0) is 12.5. The molecule has 0 aliphatic carbocycles. The molecule has 0 spiro atoms. The van der Waals surface area contributed by atoms with Crippen molar-refractivity contribution in [3.05, 3.63) is 33.4 Å². The highest BCUT2D eigenvalue weighted by Gasteiger charge is 2.17. The molecule has 1 aromatic rings. The number of halogens is 2. The van der Waals surface area contributed by atoms with Crippen molar-refractivity contribution in [1.29, 1.82) is 0 Å². The molecule has 16 heavy (non-hydrogen) atoms. The molecule has 3 heteroatoms. The van der Waals surface area contributed by atoms with Crippen molar-refractivity contribution in [2.75, 3.05) is 6.54 Å². The summed E-state index contributed by atoms with van der Waals surface area (Å²) >= 11 is 12.1. The monoisotopic (exact) mass is 259 g/mol. The van der Waals surface area contributed by atoms with Crippen LogP contribution in [0.1, 0.15) is 38.2 Å². The van der Waals surface area contributed by atoms with Crippen molar-refractivity contribution >= 4 is 23.2 Å². The van der Waals surface area contributed by atoms with Crippen LogP contribution < -0.4 is 5.73 Å². The number of alkyl halides is 2. The molecular weight excluding hydrogens is 241 g/mol. The molecule has 0 amide bonds. The van der Waals surface area contributed by atoms with Gasteiger partial charge in [0.15, 0.2) is 0 Å². The maximum Gasteiger partial charge on any atom is 0.133 e. The molecule has 1 rings (SSSR count). The summed E-state index contributed by atoms with van der Waals surface area (Å²) < 4.78 is 0. The third-order valence-electron chi connectivity index (χ3n) is 3.45. The van der Waals surface area contributed by atoms with Crippen molar-refractivity contribution in [2.45, 2.75) is 39.0 Å². The van der Waals surface area contributed by atoms with Crippen molar-refractivity contribution in [1.82, 2.24) is 0 Å². The summed E-state index contributed by atoms with van der Waals surface area (Å²) in [4.78, 5) is -0.454. The quantitative estimate of drug-likeness (QED) is 0.819. The first-order valence-electron chi connectivity index (χ1n) is 5.49. The zero-order valence-corrected chi connectivity index (χ0v) is 11.8. The number of hydrogen-bond acceptors (Lipinski definition) is 1. The van der Waals surface area contributed by atoms with Crippen LogP contribution in [0.5, 0.6) is 0 Å². The highest BCUT2D eigenvalue weighted by Crippen LogP contribution is 2.35. The smallest absolute Gasteiger partial charge is 0.133 e. The third kappa shape index (κ3) is 2.37. The van der Waals surface area contributed by atoms with E-state index in [1.165, 1.54) is 27.8 Å². The maximum absolute atomic E-state index is 6.03. The molecule has 0 aliphatic rings. The standard InChI is InChI=1S/C13H19Cl2N/c1-7-9(3)12(13(14)15)10(4)8(2)11(7)5-6-16/h13H,5-6,16H2,1-4H3. The molecular formula is C13H19Cl2N. The van der Waals surface area contributed by atoms with Gasteiger partial charge in [0.05, 0.1) is 0 Å². The van der Waals surface area contributed by atoms with Crippen LogP contribution in [0.15, 0.2) is 0 Å². The maximum atomic E-state index is 6.03. The van der Waals surface area contributed by atoms with Gasteiger partial charge in [0.1, 0.15) is 4.84 Å². The predicted octanol–water partition coefficient (Wildman–Crippen LogP) is 3.90. The minimum atomic E-state index is -0.454. The highest BCUT2D eigenvalue weighted by molar-refractivity contribution is 6.44. The fraction of sp³-hybridized carbons (Fsp3) is 0.538. The van der Waals surface area contributed by atoms with Crippen LogP contribution in [0.2, 0.25) is 0 Å². The summed E-state index contributed by atoms with van der Waals surface area (Å²) in [7, 11) is 0. The highest BCUT2D eigenvalue weighted by atomic mass is 35.5. The van der Waals surface area contributed by atoms with Gasteiger partial charge in [0, 0.05) is 0 Å². The van der Waals surface area contributed by atoms with Gasteiger partial charge in [-0.15, -0.1) is 23.2 Å². The van der Waals surface area contributed by atoms with Crippen LogP contribution in [-0.4, -0.2) is 6.54 Å². The topological polar surface area (TPSA) is 26.0 Å². The lowest BCUT2D eigenvalue weighted by atomic mass is 9.88. The first kappa shape index (κ1) is 13.8. The molecule has 0 saturated carbocycles. The van der Waals surface area contributed by atoms with Gasteiger partial charge < -0.3 is 5.73 Å². The second-order valence-electron chi connectivity index (χ2n) is 4.23. The summed E-state index contributed by atoms with van der Waals surface area (Å²) in [5, 5.41) is 0. The SMILES string of the molecule is Cc1c(C)c(C(Cl)Cl)c(C)c(C)c1CCN. The van der Waals surface area contributed by atoms with E-state index in [9.17, 15) is 0 Å². The molecule has 2 N–H and O–H groups in total. The second kappa shape index (κ2) is 5.39. The summed E-state index contributed by atoms with van der Waals surface area (Å²) in [6.07, 6.45) is 0.912. The number of hydrogen-bond donors (Lipinski definition) is 1. The molecule has 1 aromatic carbocycles. The van der Waals surface area contributed by atoms with Crippen molar-refractivity contribution in [2.24, 2.45) is 5.73 Å². The number of benzene rings is 1. The van der Waals surface area contributed by atoms with Crippen LogP contribution in [0.3, 0.4) is 0 Å². The van der Waals surface area contributed by atoms with E-state index in [4.69, 9.17) is 28.9 Å². The molecule has 1 nitrogen and oxygen atoms in total. The predicted molar refractivity (Wildman–Crippen MR) is 72.6 cm³/mol. The van der Waals surface area contributed by atoms with E-state index >= 15 is 0 Å². The lowest BCUT2D eigenvalue weighted by Crippen LogP contribution is -2.10. The Morgan fingerprint density at radius 2 is 1.38 bits per heavy atom. The van der Waals surface area contributed by atoms with Gasteiger partial charge in [0.2, 0.25) is 0 Å². The van der Waals surface area contributed by atoms with E-state index < -0.39 is 4.84 Å². The van der Waals surface area contributed by atoms with Crippen molar-refractivity contribution in [3.8, 4) is 0 Å². The van der Waals surface area contributed by atoms with Gasteiger partial charge in [-0.1, -0.05) is 0 Å². The molecule has 0 fully saturated rings. The minimum absolute atomic E-state index is 0.454. The van der Waals surface area contributed by atoms with Crippen LogP contribution in [0, 0.1) is 27.7 Å². The largest absolute Gasteiger partial charge is 0.330 e. The van der Waals surface area contributed by atoms with Gasteiger partial charge in [-0.05, 0) is 74.0 Å². The molecule has 0 bridgehead atoms. The minimum Gasteiger partial charge on any atom is -0.330 e. The summed E-state index contributed by atoms with van der Waals surface area (Å²) in [6.45, 7) is 9.06. The Morgan fingerprint density at radius 3 is 1.69 bits per heavy atom. The molecule has 0 atom stereocenters. The van der Waals surface area contributed by atoms with Crippen LogP contribution in [0.4, 0.5) is 0 Å². The first-order chi connectivity index (χ1) is 7.41. The number of nitrogens with two attached hydrogens (primary N) is 1. The van der Waals surface area contributed by atoms with Crippen molar-refractivity contribution in [3.63, 3.8) is 0 Å². The van der Waals surface area contributed by atoms with Gasteiger partial charge in [-0.3, -0.25) is 0 Å². The van der Waals surface area contributed by atoms with Gasteiger partial charge >= 0.3 is 0 Å². The summed E-state index contributed by atoms with van der Waals surface area (Å²) in [5.74, 6) is 0. The third-order valence-corrected chi connectivity index (χ3v) is 3.89. The average molecular weight is 260 g/mol. The number of rotatable bonds is 3. The van der Waals surface area contributed by atoms with Gasteiger partial charge in [-0.2, -0.15) is 0 Å². The lowest BCUT2D eigenvalue weighted by Gasteiger charge is -2.20. The van der Waals surface area contributed by atoms with E-state index in [0.29, 0.717) is 6.54 Å². The van der Waals surface area contributed by atoms with Crippen LogP contribution >= 0.6 is 23.2 Å². The second-order valence-corrected chi connectivity index (χ2v) is 5.33. The Morgan fingerprint density at radius 1 is 0.938 bits per heavy atom. The Bertz CT molecular complexity index is 368. The van der Waals surface area contributed by atoms with Crippen molar-refractivity contribution < 1.29 is 0 Å². The fourth-order valence-electron chi connectivity index (χ4n) is 2.27. The molecule has 0 unspecified atom stereocenters. The molecule has 0 saturated heterocycles. The Kier molecular flexibility index (Phi) is 4.66. The zero-order valence-electron chi connectivity index (χ0n) is 10.3. The van der Waals surface area contributed by atoms with E-state index in [0.717, 1.165) is 12.0 Å². The van der Waals surface area contributed by atoms with Crippen LogP contribution in [-0.2, 0) is 6.42 Å². The van der Waals surface area contributed by atoms with E-state index in [2.05, 4.69) is 27.7 Å². The lowest BCUT2D eigenvalue weighted by molar-refractivity contribution is 0.931.